The van der Waals surface area contributed by atoms with Crippen molar-refractivity contribution in [2.45, 2.75) is 57.8 Å². The third-order valence-corrected chi connectivity index (χ3v) is 7.74. The lowest BCUT2D eigenvalue weighted by atomic mass is 10.0. The average molecular weight is 632 g/mol. The molecule has 3 aromatic rings. The van der Waals surface area contributed by atoms with Crippen molar-refractivity contribution in [3.05, 3.63) is 80.1 Å². The first-order chi connectivity index (χ1) is 20.2. The van der Waals surface area contributed by atoms with Gasteiger partial charge in [0.25, 0.3) is 0 Å². The molecule has 220 valence electrons. The zero-order chi connectivity index (χ0) is 30.0. The van der Waals surface area contributed by atoms with Gasteiger partial charge in [0.15, 0.2) is 6.10 Å². The Labute approximate surface area is 258 Å². The summed E-state index contributed by atoms with van der Waals surface area (Å²) in [7, 11) is 1.23. The van der Waals surface area contributed by atoms with Crippen LogP contribution < -0.4 is 10.1 Å². The van der Waals surface area contributed by atoms with Gasteiger partial charge in [-0.3, -0.25) is 5.41 Å². The number of oxime groups is 1. The summed E-state index contributed by atoms with van der Waals surface area (Å²) in [6, 6.07) is 10.7. The van der Waals surface area contributed by atoms with E-state index in [0.717, 1.165) is 29.7 Å². The summed E-state index contributed by atoms with van der Waals surface area (Å²) < 4.78 is 16.5. The molecule has 2 aromatic carbocycles. The molecule has 42 heavy (non-hydrogen) atoms. The lowest BCUT2D eigenvalue weighted by Crippen LogP contribution is -2.28. The Hall–Kier alpha value is -3.53. The fraction of sp³-hybridized carbons (Fsp3) is 0.333. The molecule has 0 amide bonds. The molecule has 1 aliphatic carbocycles. The van der Waals surface area contributed by atoms with Crippen LogP contribution in [-0.4, -0.2) is 35.7 Å². The molecule has 9 nitrogen and oxygen atoms in total. The normalized spacial score (nSPS) is 16.7. The highest BCUT2D eigenvalue weighted by atomic mass is 35.5. The molecule has 1 saturated carbocycles. The number of aromatic nitrogens is 1. The number of allylic oxidation sites excluding steroid dienone is 1. The van der Waals surface area contributed by atoms with Gasteiger partial charge in [-0.15, -0.1) is 0 Å². The second kappa shape index (κ2) is 12.8. The van der Waals surface area contributed by atoms with Crippen molar-refractivity contribution in [2.24, 2.45) is 5.16 Å². The van der Waals surface area contributed by atoms with E-state index in [4.69, 9.17) is 54.3 Å². The third-order valence-electron chi connectivity index (χ3n) is 6.79. The van der Waals surface area contributed by atoms with Crippen LogP contribution in [0.25, 0.3) is 11.3 Å². The predicted molar refractivity (Wildman–Crippen MR) is 162 cm³/mol. The molecule has 0 radical (unpaired) electrons. The van der Waals surface area contributed by atoms with Crippen LogP contribution in [0, 0.1) is 5.41 Å². The number of benzene rings is 2. The predicted octanol–water partition coefficient (Wildman–Crippen LogP) is 7.65. The first-order valence-electron chi connectivity index (χ1n) is 13.4. The largest absolute Gasteiger partial charge is 0.489 e. The van der Waals surface area contributed by atoms with Crippen molar-refractivity contribution < 1.29 is 23.6 Å². The summed E-state index contributed by atoms with van der Waals surface area (Å²) in [5.41, 5.74) is 3.47. The van der Waals surface area contributed by atoms with Crippen LogP contribution in [0.2, 0.25) is 15.1 Å². The van der Waals surface area contributed by atoms with Crippen LogP contribution in [0.4, 0.5) is 0 Å². The number of rotatable bonds is 11. The quantitative estimate of drug-likeness (QED) is 0.165. The molecule has 5 rings (SSSR count). The molecule has 0 bridgehead atoms. The SMILES string of the molecule is COC(=O)C(=N)/C=C(\NC(C)C)C1=NOC(c2ccc(OCc3c(-c4c(Cl)cccc4Cl)noc3C3CC3)cc2Cl)C1. The number of esters is 1. The number of hydrogen-bond donors (Lipinski definition) is 2. The maximum atomic E-state index is 11.8. The maximum Gasteiger partial charge on any atom is 0.356 e. The molecule has 12 heteroatoms. The summed E-state index contributed by atoms with van der Waals surface area (Å²) >= 11 is 19.6. The van der Waals surface area contributed by atoms with Gasteiger partial charge in [0.05, 0.1) is 33.4 Å². The van der Waals surface area contributed by atoms with Crippen molar-refractivity contribution in [2.75, 3.05) is 7.11 Å². The number of hydrogen-bond acceptors (Lipinski definition) is 9. The number of carbonyl (C=O) groups is 1. The number of methoxy groups -OCH3 is 1. The summed E-state index contributed by atoms with van der Waals surface area (Å²) in [5, 5.41) is 21.1. The van der Waals surface area contributed by atoms with E-state index < -0.39 is 12.1 Å². The van der Waals surface area contributed by atoms with Gasteiger partial charge in [0.2, 0.25) is 0 Å². The van der Waals surface area contributed by atoms with Crippen LogP contribution in [0.3, 0.4) is 0 Å². The molecule has 1 aromatic heterocycles. The Morgan fingerprint density at radius 3 is 2.55 bits per heavy atom. The van der Waals surface area contributed by atoms with E-state index in [1.165, 1.54) is 13.2 Å². The molecule has 1 aliphatic heterocycles. The van der Waals surface area contributed by atoms with Crippen LogP contribution >= 0.6 is 34.8 Å². The zero-order valence-corrected chi connectivity index (χ0v) is 25.4. The van der Waals surface area contributed by atoms with Crippen molar-refractivity contribution in [1.82, 2.24) is 10.5 Å². The molecular weight excluding hydrogens is 603 g/mol. The number of halogens is 3. The van der Waals surface area contributed by atoms with Crippen LogP contribution in [-0.2, 0) is 21.0 Å². The molecule has 2 aliphatic rings. The second-order valence-electron chi connectivity index (χ2n) is 10.3. The van der Waals surface area contributed by atoms with Gasteiger partial charge in [-0.2, -0.15) is 0 Å². The van der Waals surface area contributed by atoms with E-state index in [9.17, 15) is 4.79 Å². The molecule has 1 unspecified atom stereocenters. The minimum atomic E-state index is -0.745. The molecule has 2 heterocycles. The highest BCUT2D eigenvalue weighted by Crippen LogP contribution is 2.46. The molecule has 1 fully saturated rings. The van der Waals surface area contributed by atoms with Crippen LogP contribution in [0.1, 0.15) is 62.0 Å². The highest BCUT2D eigenvalue weighted by molar-refractivity contribution is 6.40. The van der Waals surface area contributed by atoms with E-state index in [1.54, 1.807) is 24.3 Å². The fourth-order valence-corrected chi connectivity index (χ4v) is 5.47. The van der Waals surface area contributed by atoms with Crippen molar-refractivity contribution in [3.8, 4) is 17.0 Å². The van der Waals surface area contributed by atoms with Crippen molar-refractivity contribution >= 4 is 52.2 Å². The summed E-state index contributed by atoms with van der Waals surface area (Å²) in [6.07, 6.45) is 3.36. The van der Waals surface area contributed by atoms with Gasteiger partial charge >= 0.3 is 5.97 Å². The summed E-state index contributed by atoms with van der Waals surface area (Å²) in [6.45, 7) is 4.08. The molecule has 0 spiro atoms. The van der Waals surface area contributed by atoms with Crippen LogP contribution in [0.15, 0.2) is 57.9 Å². The van der Waals surface area contributed by atoms with E-state index >= 15 is 0 Å². The molecule has 1 atom stereocenters. The first-order valence-corrected chi connectivity index (χ1v) is 14.5. The van der Waals surface area contributed by atoms with Gasteiger partial charge in [-0.05, 0) is 57.0 Å². The van der Waals surface area contributed by atoms with Gasteiger partial charge in [-0.1, -0.05) is 57.2 Å². The first kappa shape index (κ1) is 29.9. The van der Waals surface area contributed by atoms with Gasteiger partial charge < -0.3 is 24.2 Å². The molecule has 2 N–H and O–H groups in total. The molecule has 0 saturated heterocycles. The van der Waals surface area contributed by atoms with Crippen molar-refractivity contribution in [3.63, 3.8) is 0 Å². The Morgan fingerprint density at radius 2 is 1.90 bits per heavy atom. The average Bonchev–Trinajstić information content (AvgIpc) is 3.53. The van der Waals surface area contributed by atoms with Crippen LogP contribution in [0.5, 0.6) is 5.75 Å². The fourth-order valence-electron chi connectivity index (χ4n) is 4.60. The highest BCUT2D eigenvalue weighted by Gasteiger charge is 2.34. The number of nitrogens with one attached hydrogen (secondary N) is 2. The Balaban J connectivity index is 1.31. The van der Waals surface area contributed by atoms with E-state index in [2.05, 4.69) is 20.4 Å². The number of ether oxygens (including phenoxy) is 2. The third kappa shape index (κ3) is 6.59. The topological polar surface area (TPSA) is 119 Å². The smallest absolute Gasteiger partial charge is 0.356 e. The van der Waals surface area contributed by atoms with Gasteiger partial charge in [0, 0.05) is 29.5 Å². The number of carbonyl (C=O) groups excluding carboxylic acids is 1. The Kier molecular flexibility index (Phi) is 9.11. The summed E-state index contributed by atoms with van der Waals surface area (Å²) in [5.74, 6) is 0.888. The lowest BCUT2D eigenvalue weighted by Gasteiger charge is -2.15. The Bertz CT molecular complexity index is 1560. The van der Waals surface area contributed by atoms with Gasteiger partial charge in [-0.25, -0.2) is 4.79 Å². The zero-order valence-electron chi connectivity index (χ0n) is 23.2. The minimum absolute atomic E-state index is 0.0313. The van der Waals surface area contributed by atoms with E-state index in [1.807, 2.05) is 26.0 Å². The number of nitrogens with zero attached hydrogens (tertiary/aromatic N) is 2. The molecular formula is C30H29Cl3N4O5. The lowest BCUT2D eigenvalue weighted by molar-refractivity contribution is -0.132. The van der Waals surface area contributed by atoms with Gasteiger partial charge in [0.1, 0.15) is 35.2 Å². The Morgan fingerprint density at radius 1 is 1.17 bits per heavy atom. The monoisotopic (exact) mass is 630 g/mol. The summed E-state index contributed by atoms with van der Waals surface area (Å²) in [4.78, 5) is 17.5. The van der Waals surface area contributed by atoms with E-state index in [-0.39, 0.29) is 18.4 Å². The maximum absolute atomic E-state index is 11.8. The second-order valence-corrected chi connectivity index (χ2v) is 11.5. The van der Waals surface area contributed by atoms with Crippen molar-refractivity contribution in [1.29, 1.82) is 5.41 Å². The van der Waals surface area contributed by atoms with E-state index in [0.29, 0.717) is 55.8 Å². The standard InChI is InChI=1S/C30H29Cl3N4O5/c1-15(2)35-24(12-23(34)30(38)39-3)25-13-26(41-36-25)18-10-9-17(11-22(18)33)40-14-19-28(37-42-29(19)16-7-8-16)27-20(31)5-4-6-21(27)32/h4-6,9-12,15-16,26,34-35H,7-8,13-14H2,1-3H3/b24-12-,34-23?. The minimum Gasteiger partial charge on any atom is -0.489 e.